The van der Waals surface area contributed by atoms with Crippen LogP contribution in [0.15, 0.2) is 30.5 Å². The van der Waals surface area contributed by atoms with Gasteiger partial charge in [-0.2, -0.15) is 0 Å². The Bertz CT molecular complexity index is 341. The largest absolute Gasteiger partial charge is 0.518 e. The Labute approximate surface area is 69.2 Å². The highest BCUT2D eigenvalue weighted by atomic mass is 16.7. The van der Waals surface area contributed by atoms with E-state index < -0.39 is 6.16 Å². The first kappa shape index (κ1) is 6.91. The molecule has 12 heavy (non-hydrogen) atoms. The van der Waals surface area contributed by atoms with Gasteiger partial charge in [-0.15, -0.1) is 0 Å². The molecule has 0 atom stereocenters. The number of hydrogen-bond donors (Lipinski definition) is 0. The van der Waals surface area contributed by atoms with Crippen molar-refractivity contribution in [2.45, 2.75) is 0 Å². The summed E-state index contributed by atoms with van der Waals surface area (Å²) in [4.78, 5) is 10.8. The van der Waals surface area contributed by atoms with Crippen molar-refractivity contribution < 1.29 is 14.3 Å². The van der Waals surface area contributed by atoms with Gasteiger partial charge in [-0.1, -0.05) is 18.2 Å². The molecular weight excluding hydrogens is 156 g/mol. The molecule has 0 fully saturated rings. The molecule has 0 bridgehead atoms. The lowest BCUT2D eigenvalue weighted by atomic mass is 10.2. The standard InChI is InChI=1S/C9H6O3/c10-9-11-6-5-7-3-1-2-4-8(7)12-9/h1-6H. The van der Waals surface area contributed by atoms with Crippen LogP contribution in [0, 0.1) is 0 Å². The zero-order valence-electron chi connectivity index (χ0n) is 6.19. The molecule has 0 unspecified atom stereocenters. The molecule has 1 aromatic carbocycles. The number of rotatable bonds is 0. The minimum atomic E-state index is -0.698. The third-order valence-electron chi connectivity index (χ3n) is 1.52. The monoisotopic (exact) mass is 162 g/mol. The molecule has 3 nitrogen and oxygen atoms in total. The summed E-state index contributed by atoms with van der Waals surface area (Å²) in [5.74, 6) is 0.524. The molecule has 0 amide bonds. The van der Waals surface area contributed by atoms with Crippen molar-refractivity contribution in [3.05, 3.63) is 36.1 Å². The summed E-state index contributed by atoms with van der Waals surface area (Å²) in [7, 11) is 0. The molecule has 1 aromatic rings. The summed E-state index contributed by atoms with van der Waals surface area (Å²) < 4.78 is 9.38. The van der Waals surface area contributed by atoms with Crippen LogP contribution in [0.5, 0.6) is 5.75 Å². The Kier molecular flexibility index (Phi) is 1.55. The van der Waals surface area contributed by atoms with Crippen molar-refractivity contribution >= 4 is 12.2 Å². The molecule has 0 saturated carbocycles. The number of fused-ring (bicyclic) bond motifs is 1. The van der Waals surface area contributed by atoms with E-state index in [1.807, 2.05) is 12.1 Å². The van der Waals surface area contributed by atoms with Gasteiger partial charge < -0.3 is 9.47 Å². The second-order valence-electron chi connectivity index (χ2n) is 2.31. The van der Waals surface area contributed by atoms with Gasteiger partial charge in [0.05, 0.1) is 6.26 Å². The Balaban J connectivity index is 2.48. The highest BCUT2D eigenvalue weighted by Crippen LogP contribution is 2.21. The molecular formula is C9H6O3. The van der Waals surface area contributed by atoms with E-state index in [4.69, 9.17) is 4.74 Å². The van der Waals surface area contributed by atoms with Crippen molar-refractivity contribution in [3.63, 3.8) is 0 Å². The maximum atomic E-state index is 10.8. The Morgan fingerprint density at radius 1 is 1.17 bits per heavy atom. The normalized spacial score (nSPS) is 14.2. The van der Waals surface area contributed by atoms with Crippen molar-refractivity contribution in [2.24, 2.45) is 0 Å². The first-order valence-corrected chi connectivity index (χ1v) is 3.50. The van der Waals surface area contributed by atoms with Crippen LogP contribution in [0.1, 0.15) is 5.56 Å². The number of cyclic esters (lactones) is 1. The average Bonchev–Trinajstić information content (AvgIpc) is 2.25. The van der Waals surface area contributed by atoms with Gasteiger partial charge in [0.15, 0.2) is 0 Å². The molecule has 60 valence electrons. The van der Waals surface area contributed by atoms with E-state index in [1.165, 1.54) is 6.26 Å². The number of hydrogen-bond acceptors (Lipinski definition) is 3. The second kappa shape index (κ2) is 2.70. The van der Waals surface area contributed by atoms with Gasteiger partial charge in [-0.3, -0.25) is 0 Å². The van der Waals surface area contributed by atoms with Crippen LogP contribution in [-0.2, 0) is 4.74 Å². The van der Waals surface area contributed by atoms with E-state index in [-0.39, 0.29) is 0 Å². The fraction of sp³-hybridized carbons (Fsp3) is 0. The lowest BCUT2D eigenvalue weighted by Gasteiger charge is -2.00. The number of carbonyl (C=O) groups excluding carboxylic acids is 1. The average molecular weight is 162 g/mol. The van der Waals surface area contributed by atoms with Crippen molar-refractivity contribution in [1.82, 2.24) is 0 Å². The summed E-state index contributed by atoms with van der Waals surface area (Å²) in [5, 5.41) is 0. The van der Waals surface area contributed by atoms with Crippen LogP contribution in [0.4, 0.5) is 4.79 Å². The van der Waals surface area contributed by atoms with E-state index in [0.29, 0.717) is 5.75 Å². The fourth-order valence-corrected chi connectivity index (χ4v) is 0.988. The second-order valence-corrected chi connectivity index (χ2v) is 2.31. The van der Waals surface area contributed by atoms with Crippen LogP contribution in [0.3, 0.4) is 0 Å². The molecule has 1 aliphatic heterocycles. The van der Waals surface area contributed by atoms with Gasteiger partial charge in [0, 0.05) is 5.56 Å². The number of benzene rings is 1. The van der Waals surface area contributed by atoms with Gasteiger partial charge in [0.1, 0.15) is 5.75 Å². The summed E-state index contributed by atoms with van der Waals surface area (Å²) in [6.45, 7) is 0. The number of carbonyl (C=O) groups is 1. The molecule has 0 saturated heterocycles. The molecule has 0 aliphatic carbocycles. The predicted octanol–water partition coefficient (Wildman–Crippen LogP) is 2.19. The zero-order valence-corrected chi connectivity index (χ0v) is 6.19. The van der Waals surface area contributed by atoms with Crippen LogP contribution in [0.25, 0.3) is 6.08 Å². The highest BCUT2D eigenvalue weighted by molar-refractivity contribution is 5.71. The first-order chi connectivity index (χ1) is 5.86. The van der Waals surface area contributed by atoms with E-state index in [9.17, 15) is 4.79 Å². The Morgan fingerprint density at radius 3 is 2.92 bits per heavy atom. The van der Waals surface area contributed by atoms with E-state index in [1.54, 1.807) is 18.2 Å². The minimum Gasteiger partial charge on any atom is -0.403 e. The molecule has 0 radical (unpaired) electrons. The molecule has 0 aromatic heterocycles. The van der Waals surface area contributed by atoms with Crippen LogP contribution >= 0.6 is 0 Å². The summed E-state index contributed by atoms with van der Waals surface area (Å²) in [6.07, 6.45) is 2.30. The Morgan fingerprint density at radius 2 is 2.00 bits per heavy atom. The number of para-hydroxylation sites is 1. The molecule has 0 spiro atoms. The molecule has 2 rings (SSSR count). The smallest absolute Gasteiger partial charge is 0.403 e. The van der Waals surface area contributed by atoms with Crippen molar-refractivity contribution in [1.29, 1.82) is 0 Å². The maximum absolute atomic E-state index is 10.8. The van der Waals surface area contributed by atoms with Crippen LogP contribution < -0.4 is 4.74 Å². The lowest BCUT2D eigenvalue weighted by molar-refractivity contribution is 0.137. The highest BCUT2D eigenvalue weighted by Gasteiger charge is 2.10. The quantitative estimate of drug-likeness (QED) is 0.433. The first-order valence-electron chi connectivity index (χ1n) is 3.50. The summed E-state index contributed by atoms with van der Waals surface area (Å²) in [5.41, 5.74) is 0.836. The van der Waals surface area contributed by atoms with E-state index >= 15 is 0 Å². The minimum absolute atomic E-state index is 0.524. The van der Waals surface area contributed by atoms with Crippen molar-refractivity contribution in [2.75, 3.05) is 0 Å². The topological polar surface area (TPSA) is 35.5 Å². The van der Waals surface area contributed by atoms with Gasteiger partial charge >= 0.3 is 6.16 Å². The van der Waals surface area contributed by atoms with E-state index in [2.05, 4.69) is 4.74 Å². The van der Waals surface area contributed by atoms with Gasteiger partial charge in [0.25, 0.3) is 0 Å². The summed E-state index contributed by atoms with van der Waals surface area (Å²) in [6, 6.07) is 7.22. The predicted molar refractivity (Wildman–Crippen MR) is 42.6 cm³/mol. The van der Waals surface area contributed by atoms with Gasteiger partial charge in [-0.05, 0) is 12.1 Å². The number of ether oxygens (including phenoxy) is 2. The van der Waals surface area contributed by atoms with Crippen molar-refractivity contribution in [3.8, 4) is 5.75 Å². The SMILES string of the molecule is O=C1OC=Cc2ccccc2O1. The molecule has 0 N–H and O–H groups in total. The molecule has 1 heterocycles. The molecule has 3 heteroatoms. The van der Waals surface area contributed by atoms with Crippen LogP contribution in [-0.4, -0.2) is 6.16 Å². The van der Waals surface area contributed by atoms with Gasteiger partial charge in [0.2, 0.25) is 0 Å². The summed E-state index contributed by atoms with van der Waals surface area (Å²) >= 11 is 0. The zero-order chi connectivity index (χ0) is 8.39. The Hall–Kier alpha value is -1.77. The fourth-order valence-electron chi connectivity index (χ4n) is 0.988. The van der Waals surface area contributed by atoms with Gasteiger partial charge in [-0.25, -0.2) is 4.79 Å². The maximum Gasteiger partial charge on any atom is 0.518 e. The molecule has 1 aliphatic rings. The third kappa shape index (κ3) is 1.16. The van der Waals surface area contributed by atoms with Crippen LogP contribution in [0.2, 0.25) is 0 Å². The van der Waals surface area contributed by atoms with E-state index in [0.717, 1.165) is 5.56 Å². The lowest BCUT2D eigenvalue weighted by Crippen LogP contribution is -2.05. The third-order valence-corrected chi connectivity index (χ3v) is 1.52.